The second-order valence-electron chi connectivity index (χ2n) is 2.90. The summed E-state index contributed by atoms with van der Waals surface area (Å²) in [6, 6.07) is 7.73. The number of thiophene rings is 1. The topological polar surface area (TPSA) is 49.8 Å². The van der Waals surface area contributed by atoms with Crippen molar-refractivity contribution < 1.29 is 0 Å². The van der Waals surface area contributed by atoms with Crippen molar-refractivity contribution in [3.63, 3.8) is 0 Å². The molecule has 0 fully saturated rings. The lowest BCUT2D eigenvalue weighted by atomic mass is 10.1. The number of halogens is 1. The first-order valence-electron chi connectivity index (χ1n) is 4.03. The monoisotopic (exact) mass is 222 g/mol. The van der Waals surface area contributed by atoms with Crippen LogP contribution in [0, 0.1) is 11.3 Å². The molecule has 14 heavy (non-hydrogen) atoms. The average molecular weight is 223 g/mol. The van der Waals surface area contributed by atoms with E-state index in [1.807, 2.05) is 12.1 Å². The zero-order chi connectivity index (χ0) is 10.1. The van der Waals surface area contributed by atoms with Gasteiger partial charge in [-0.3, -0.25) is 0 Å². The quantitative estimate of drug-likeness (QED) is 0.596. The smallest absolute Gasteiger partial charge is 0.102 e. The average Bonchev–Trinajstić information content (AvgIpc) is 2.60. The molecular formula is C10H7ClN2S. The Balaban J connectivity index is 2.81. The molecule has 0 aliphatic carbocycles. The third-order valence-corrected chi connectivity index (χ3v) is 3.57. The highest BCUT2D eigenvalue weighted by Crippen LogP contribution is 2.31. The van der Waals surface area contributed by atoms with Gasteiger partial charge in [0.15, 0.2) is 0 Å². The van der Waals surface area contributed by atoms with Crippen LogP contribution in [-0.2, 0) is 5.88 Å². The van der Waals surface area contributed by atoms with Gasteiger partial charge in [-0.15, -0.1) is 22.9 Å². The predicted octanol–water partition coefficient (Wildman–Crippen LogP) is 3.09. The van der Waals surface area contributed by atoms with Crippen LogP contribution in [0.2, 0.25) is 0 Å². The summed E-state index contributed by atoms with van der Waals surface area (Å²) in [7, 11) is 0. The van der Waals surface area contributed by atoms with Crippen LogP contribution in [-0.4, -0.2) is 0 Å². The highest BCUT2D eigenvalue weighted by molar-refractivity contribution is 7.19. The standard InChI is InChI=1S/C10H7ClN2S/c11-4-6-3-7-8(5-12)9(13)1-2-10(7)14-6/h1-3H,4,13H2. The first kappa shape index (κ1) is 9.32. The maximum absolute atomic E-state index is 8.94. The molecule has 0 atom stereocenters. The number of hydrogen-bond acceptors (Lipinski definition) is 3. The number of alkyl halides is 1. The molecule has 1 aromatic carbocycles. The predicted molar refractivity (Wildman–Crippen MR) is 60.5 cm³/mol. The number of rotatable bonds is 1. The van der Waals surface area contributed by atoms with Crippen LogP contribution in [0.3, 0.4) is 0 Å². The van der Waals surface area contributed by atoms with Crippen molar-refractivity contribution in [2.75, 3.05) is 5.73 Å². The summed E-state index contributed by atoms with van der Waals surface area (Å²) in [5.41, 5.74) is 6.77. The van der Waals surface area contributed by atoms with Crippen LogP contribution in [0.4, 0.5) is 5.69 Å². The zero-order valence-electron chi connectivity index (χ0n) is 7.25. The van der Waals surface area contributed by atoms with Crippen LogP contribution in [0.5, 0.6) is 0 Å². The van der Waals surface area contributed by atoms with E-state index in [-0.39, 0.29) is 0 Å². The minimum absolute atomic E-state index is 0.476. The minimum atomic E-state index is 0.476. The van der Waals surface area contributed by atoms with E-state index in [9.17, 15) is 0 Å². The fourth-order valence-electron chi connectivity index (χ4n) is 1.37. The third-order valence-electron chi connectivity index (χ3n) is 2.03. The van der Waals surface area contributed by atoms with Crippen LogP contribution >= 0.6 is 22.9 Å². The van der Waals surface area contributed by atoms with Crippen molar-refractivity contribution in [1.29, 1.82) is 5.26 Å². The van der Waals surface area contributed by atoms with E-state index in [2.05, 4.69) is 6.07 Å². The highest BCUT2D eigenvalue weighted by Gasteiger charge is 2.08. The fraction of sp³-hybridized carbons (Fsp3) is 0.100. The Morgan fingerprint density at radius 1 is 1.50 bits per heavy atom. The van der Waals surface area contributed by atoms with Gasteiger partial charge in [0.25, 0.3) is 0 Å². The van der Waals surface area contributed by atoms with E-state index >= 15 is 0 Å². The molecule has 0 bridgehead atoms. The Labute approximate surface area is 90.5 Å². The minimum Gasteiger partial charge on any atom is -0.398 e. The molecule has 0 radical (unpaired) electrons. The number of benzene rings is 1. The van der Waals surface area contributed by atoms with Crippen molar-refractivity contribution in [2.45, 2.75) is 5.88 Å². The molecule has 0 spiro atoms. The maximum atomic E-state index is 8.94. The van der Waals surface area contributed by atoms with E-state index in [0.29, 0.717) is 17.1 Å². The number of nitrogens with two attached hydrogens (primary N) is 1. The van der Waals surface area contributed by atoms with Crippen molar-refractivity contribution in [1.82, 2.24) is 0 Å². The first-order chi connectivity index (χ1) is 6.76. The molecule has 2 nitrogen and oxygen atoms in total. The molecular weight excluding hydrogens is 216 g/mol. The summed E-state index contributed by atoms with van der Waals surface area (Å²) in [5.74, 6) is 0.476. The molecule has 0 amide bonds. The van der Waals surface area contributed by atoms with Gasteiger partial charge in [0.05, 0.1) is 17.1 Å². The SMILES string of the molecule is N#Cc1c(N)ccc2sc(CCl)cc12. The first-order valence-corrected chi connectivity index (χ1v) is 5.38. The number of fused-ring (bicyclic) bond motifs is 1. The molecule has 1 heterocycles. The Morgan fingerprint density at radius 2 is 2.29 bits per heavy atom. The molecule has 0 saturated carbocycles. The highest BCUT2D eigenvalue weighted by atomic mass is 35.5. The van der Waals surface area contributed by atoms with Gasteiger partial charge < -0.3 is 5.73 Å². The second-order valence-corrected chi connectivity index (χ2v) is 4.34. The van der Waals surface area contributed by atoms with Gasteiger partial charge in [0, 0.05) is 15.0 Å². The molecule has 1 aromatic heterocycles. The summed E-state index contributed by atoms with van der Waals surface area (Å²) in [6.45, 7) is 0. The normalized spacial score (nSPS) is 10.3. The molecule has 70 valence electrons. The number of nitrogen functional groups attached to an aromatic ring is 1. The van der Waals surface area contributed by atoms with Gasteiger partial charge in [-0.05, 0) is 18.2 Å². The Hall–Kier alpha value is -1.24. The third kappa shape index (κ3) is 1.33. The van der Waals surface area contributed by atoms with E-state index < -0.39 is 0 Å². The van der Waals surface area contributed by atoms with Crippen LogP contribution in [0.1, 0.15) is 10.4 Å². The summed E-state index contributed by atoms with van der Waals surface area (Å²) >= 11 is 7.33. The van der Waals surface area contributed by atoms with Crippen LogP contribution in [0.25, 0.3) is 10.1 Å². The van der Waals surface area contributed by atoms with Crippen molar-refractivity contribution >= 4 is 38.7 Å². The van der Waals surface area contributed by atoms with E-state index in [0.717, 1.165) is 15.0 Å². The van der Waals surface area contributed by atoms with Gasteiger partial charge in [-0.2, -0.15) is 5.26 Å². The largest absolute Gasteiger partial charge is 0.398 e. The molecule has 0 aliphatic rings. The van der Waals surface area contributed by atoms with Gasteiger partial charge in [-0.1, -0.05) is 0 Å². The molecule has 0 saturated heterocycles. The number of nitrogens with zero attached hydrogens (tertiary/aromatic N) is 1. The molecule has 2 rings (SSSR count). The molecule has 2 N–H and O–H groups in total. The van der Waals surface area contributed by atoms with Crippen LogP contribution < -0.4 is 5.73 Å². The lowest BCUT2D eigenvalue weighted by Crippen LogP contribution is -1.89. The Bertz CT molecular complexity index is 525. The van der Waals surface area contributed by atoms with Crippen molar-refractivity contribution in [2.24, 2.45) is 0 Å². The summed E-state index contributed by atoms with van der Waals surface area (Å²) in [5, 5.41) is 9.85. The summed E-state index contributed by atoms with van der Waals surface area (Å²) in [6.07, 6.45) is 0. The van der Waals surface area contributed by atoms with E-state index in [4.69, 9.17) is 22.6 Å². The van der Waals surface area contributed by atoms with Gasteiger partial charge >= 0.3 is 0 Å². The lowest BCUT2D eigenvalue weighted by Gasteiger charge is -1.96. The van der Waals surface area contributed by atoms with Gasteiger partial charge in [0.2, 0.25) is 0 Å². The van der Waals surface area contributed by atoms with Crippen LogP contribution in [0.15, 0.2) is 18.2 Å². The molecule has 0 unspecified atom stereocenters. The molecule has 0 aliphatic heterocycles. The summed E-state index contributed by atoms with van der Waals surface area (Å²) in [4.78, 5) is 1.06. The molecule has 4 heteroatoms. The second kappa shape index (κ2) is 3.49. The number of hydrogen-bond donors (Lipinski definition) is 1. The van der Waals surface area contributed by atoms with Gasteiger partial charge in [-0.25, -0.2) is 0 Å². The van der Waals surface area contributed by atoms with E-state index in [1.165, 1.54) is 0 Å². The fourth-order valence-corrected chi connectivity index (χ4v) is 2.53. The lowest BCUT2D eigenvalue weighted by molar-refractivity contribution is 1.50. The Kier molecular flexibility index (Phi) is 2.32. The molecule has 2 aromatic rings. The van der Waals surface area contributed by atoms with E-state index in [1.54, 1.807) is 17.4 Å². The number of nitriles is 1. The Morgan fingerprint density at radius 3 is 2.93 bits per heavy atom. The zero-order valence-corrected chi connectivity index (χ0v) is 8.82. The number of anilines is 1. The van der Waals surface area contributed by atoms with Crippen molar-refractivity contribution in [3.8, 4) is 6.07 Å². The maximum Gasteiger partial charge on any atom is 0.102 e. The van der Waals surface area contributed by atoms with Crippen molar-refractivity contribution in [3.05, 3.63) is 28.6 Å². The summed E-state index contributed by atoms with van der Waals surface area (Å²) < 4.78 is 1.06. The van der Waals surface area contributed by atoms with Gasteiger partial charge in [0.1, 0.15) is 6.07 Å².